The van der Waals surface area contributed by atoms with Crippen LogP contribution in [0.15, 0.2) is 24.3 Å². The molecule has 1 aromatic carbocycles. The van der Waals surface area contributed by atoms with Crippen molar-refractivity contribution in [3.8, 4) is 5.75 Å². The van der Waals surface area contributed by atoms with Crippen LogP contribution in [0.4, 0.5) is 0 Å². The van der Waals surface area contributed by atoms with E-state index in [4.69, 9.17) is 9.47 Å². The zero-order valence-corrected chi connectivity index (χ0v) is 12.1. The molecule has 0 aliphatic carbocycles. The van der Waals surface area contributed by atoms with Crippen molar-refractivity contribution < 1.29 is 14.6 Å². The molecule has 0 amide bonds. The Kier molecular flexibility index (Phi) is 8.26. The summed E-state index contributed by atoms with van der Waals surface area (Å²) < 4.78 is 11.0. The van der Waals surface area contributed by atoms with E-state index in [1.54, 1.807) is 0 Å². The molecule has 0 radical (unpaired) electrons. The standard InChI is InChI=1S/C16H26O3/c1-3-4-11-18-12-13-19-16-9-7-15(8-10-16)6-5-14(2)17/h7-10,14,17H,3-6,11-13H2,1-2H3. The van der Waals surface area contributed by atoms with E-state index in [1.165, 1.54) is 5.56 Å². The van der Waals surface area contributed by atoms with Gasteiger partial charge in [-0.05, 0) is 43.9 Å². The van der Waals surface area contributed by atoms with Gasteiger partial charge < -0.3 is 14.6 Å². The van der Waals surface area contributed by atoms with Crippen molar-refractivity contribution in [2.45, 2.75) is 45.6 Å². The Morgan fingerprint density at radius 1 is 1.11 bits per heavy atom. The molecule has 0 fully saturated rings. The Balaban J connectivity index is 2.17. The monoisotopic (exact) mass is 266 g/mol. The van der Waals surface area contributed by atoms with Gasteiger partial charge in [-0.3, -0.25) is 0 Å². The molecule has 0 saturated carbocycles. The highest BCUT2D eigenvalue weighted by Crippen LogP contribution is 2.13. The second-order valence-corrected chi connectivity index (χ2v) is 4.85. The van der Waals surface area contributed by atoms with Gasteiger partial charge in [0.15, 0.2) is 0 Å². The van der Waals surface area contributed by atoms with E-state index in [1.807, 2.05) is 19.1 Å². The highest BCUT2D eigenvalue weighted by atomic mass is 16.5. The minimum atomic E-state index is -0.240. The second kappa shape index (κ2) is 9.82. The van der Waals surface area contributed by atoms with Crippen molar-refractivity contribution in [2.75, 3.05) is 19.8 Å². The number of aliphatic hydroxyl groups is 1. The third-order valence-corrected chi connectivity index (χ3v) is 2.91. The normalized spacial score (nSPS) is 12.4. The Hall–Kier alpha value is -1.06. The van der Waals surface area contributed by atoms with E-state index in [-0.39, 0.29) is 6.10 Å². The number of hydrogen-bond donors (Lipinski definition) is 1. The molecule has 3 nitrogen and oxygen atoms in total. The van der Waals surface area contributed by atoms with E-state index in [2.05, 4.69) is 19.1 Å². The third kappa shape index (κ3) is 7.85. The van der Waals surface area contributed by atoms with Crippen molar-refractivity contribution in [1.82, 2.24) is 0 Å². The SMILES string of the molecule is CCCCOCCOc1ccc(CCC(C)O)cc1. The van der Waals surface area contributed by atoms with Crippen molar-refractivity contribution in [1.29, 1.82) is 0 Å². The van der Waals surface area contributed by atoms with Gasteiger partial charge in [0.2, 0.25) is 0 Å². The lowest BCUT2D eigenvalue weighted by Crippen LogP contribution is -2.07. The molecule has 0 aliphatic rings. The van der Waals surface area contributed by atoms with Gasteiger partial charge in [-0.25, -0.2) is 0 Å². The van der Waals surface area contributed by atoms with Gasteiger partial charge >= 0.3 is 0 Å². The Bertz CT molecular complexity index is 319. The van der Waals surface area contributed by atoms with Crippen molar-refractivity contribution in [3.05, 3.63) is 29.8 Å². The van der Waals surface area contributed by atoms with Gasteiger partial charge in [0.05, 0.1) is 12.7 Å². The van der Waals surface area contributed by atoms with Crippen molar-refractivity contribution in [2.24, 2.45) is 0 Å². The summed E-state index contributed by atoms with van der Waals surface area (Å²) in [6.07, 6.45) is 3.73. The van der Waals surface area contributed by atoms with Gasteiger partial charge in [0, 0.05) is 6.61 Å². The number of hydrogen-bond acceptors (Lipinski definition) is 3. The Morgan fingerprint density at radius 3 is 2.47 bits per heavy atom. The topological polar surface area (TPSA) is 38.7 Å². The molecule has 0 aromatic heterocycles. The lowest BCUT2D eigenvalue weighted by Gasteiger charge is -2.08. The summed E-state index contributed by atoms with van der Waals surface area (Å²) in [6.45, 7) is 6.02. The average Bonchev–Trinajstić information content (AvgIpc) is 2.41. The van der Waals surface area contributed by atoms with Crippen LogP contribution in [0.1, 0.15) is 38.7 Å². The maximum absolute atomic E-state index is 9.23. The smallest absolute Gasteiger partial charge is 0.119 e. The van der Waals surface area contributed by atoms with Gasteiger partial charge in [-0.15, -0.1) is 0 Å². The van der Waals surface area contributed by atoms with Gasteiger partial charge in [0.1, 0.15) is 12.4 Å². The molecule has 1 unspecified atom stereocenters. The predicted octanol–water partition coefficient (Wildman–Crippen LogP) is 3.20. The molecule has 1 rings (SSSR count). The Labute approximate surface area is 116 Å². The third-order valence-electron chi connectivity index (χ3n) is 2.91. The maximum Gasteiger partial charge on any atom is 0.119 e. The number of ether oxygens (including phenoxy) is 2. The van der Waals surface area contributed by atoms with Crippen LogP contribution in [0.25, 0.3) is 0 Å². The first kappa shape index (κ1) is 16.0. The number of unbranched alkanes of at least 4 members (excludes halogenated alkanes) is 1. The van der Waals surface area contributed by atoms with Crippen molar-refractivity contribution >= 4 is 0 Å². The molecule has 0 spiro atoms. The molecule has 1 N–H and O–H groups in total. The molecule has 19 heavy (non-hydrogen) atoms. The van der Waals surface area contributed by atoms with E-state index in [0.29, 0.717) is 13.2 Å². The minimum absolute atomic E-state index is 0.240. The minimum Gasteiger partial charge on any atom is -0.491 e. The molecule has 108 valence electrons. The summed E-state index contributed by atoms with van der Waals surface area (Å²) in [5.74, 6) is 0.875. The highest BCUT2D eigenvalue weighted by Gasteiger charge is 1.99. The molecular weight excluding hydrogens is 240 g/mol. The van der Waals surface area contributed by atoms with Crippen LogP contribution < -0.4 is 4.74 Å². The van der Waals surface area contributed by atoms with Crippen LogP contribution in [0, 0.1) is 0 Å². The van der Waals surface area contributed by atoms with Crippen LogP contribution >= 0.6 is 0 Å². The zero-order valence-electron chi connectivity index (χ0n) is 12.1. The Morgan fingerprint density at radius 2 is 1.84 bits per heavy atom. The van der Waals surface area contributed by atoms with Crippen molar-refractivity contribution in [3.63, 3.8) is 0 Å². The average molecular weight is 266 g/mol. The fraction of sp³-hybridized carbons (Fsp3) is 0.625. The second-order valence-electron chi connectivity index (χ2n) is 4.85. The molecule has 3 heteroatoms. The lowest BCUT2D eigenvalue weighted by molar-refractivity contribution is 0.0980. The van der Waals surface area contributed by atoms with E-state index in [0.717, 1.165) is 38.0 Å². The molecule has 0 aliphatic heterocycles. The van der Waals surface area contributed by atoms with Gasteiger partial charge in [-0.2, -0.15) is 0 Å². The van der Waals surface area contributed by atoms with Gasteiger partial charge in [-0.1, -0.05) is 25.5 Å². The number of rotatable bonds is 10. The summed E-state index contributed by atoms with van der Waals surface area (Å²) >= 11 is 0. The molecule has 0 heterocycles. The summed E-state index contributed by atoms with van der Waals surface area (Å²) in [6, 6.07) is 8.05. The van der Waals surface area contributed by atoms with E-state index >= 15 is 0 Å². The molecule has 1 atom stereocenters. The summed E-state index contributed by atoms with van der Waals surface area (Å²) in [5.41, 5.74) is 1.23. The molecular formula is C16H26O3. The first-order chi connectivity index (χ1) is 9.22. The summed E-state index contributed by atoms with van der Waals surface area (Å²) in [7, 11) is 0. The first-order valence-electron chi connectivity index (χ1n) is 7.20. The largest absolute Gasteiger partial charge is 0.491 e. The van der Waals surface area contributed by atoms with Crippen LogP contribution in [0.2, 0.25) is 0 Å². The van der Waals surface area contributed by atoms with Crippen LogP contribution in [0.5, 0.6) is 5.75 Å². The number of benzene rings is 1. The summed E-state index contributed by atoms with van der Waals surface area (Å²) in [4.78, 5) is 0. The van der Waals surface area contributed by atoms with E-state index in [9.17, 15) is 5.11 Å². The van der Waals surface area contributed by atoms with Crippen LogP contribution in [0.3, 0.4) is 0 Å². The molecule has 0 saturated heterocycles. The highest BCUT2D eigenvalue weighted by molar-refractivity contribution is 5.27. The van der Waals surface area contributed by atoms with Gasteiger partial charge in [0.25, 0.3) is 0 Å². The zero-order chi connectivity index (χ0) is 13.9. The maximum atomic E-state index is 9.23. The van der Waals surface area contributed by atoms with Crippen LogP contribution in [-0.4, -0.2) is 31.0 Å². The number of aryl methyl sites for hydroxylation is 1. The molecule has 1 aromatic rings. The quantitative estimate of drug-likeness (QED) is 0.661. The predicted molar refractivity (Wildman–Crippen MR) is 77.7 cm³/mol. The van der Waals surface area contributed by atoms with E-state index < -0.39 is 0 Å². The fourth-order valence-corrected chi connectivity index (χ4v) is 1.69. The lowest BCUT2D eigenvalue weighted by atomic mass is 10.1. The molecule has 0 bridgehead atoms. The fourth-order valence-electron chi connectivity index (χ4n) is 1.69. The summed E-state index contributed by atoms with van der Waals surface area (Å²) in [5, 5.41) is 9.23. The number of aliphatic hydroxyl groups excluding tert-OH is 1. The van der Waals surface area contributed by atoms with Crippen LogP contribution in [-0.2, 0) is 11.2 Å². The first-order valence-corrected chi connectivity index (χ1v) is 7.20.